The quantitative estimate of drug-likeness (QED) is 0.464. The second-order valence-corrected chi connectivity index (χ2v) is 6.87. The second-order valence-electron chi connectivity index (χ2n) is 4.37. The first-order chi connectivity index (χ1) is 10.8. The van der Waals surface area contributed by atoms with Gasteiger partial charge in [-0.25, -0.2) is 12.8 Å². The molecule has 0 unspecified atom stereocenters. The van der Waals surface area contributed by atoms with Crippen molar-refractivity contribution in [1.29, 1.82) is 0 Å². The zero-order valence-corrected chi connectivity index (χ0v) is 13.7. The lowest BCUT2D eigenvalue weighted by molar-refractivity contribution is 0.601. The monoisotopic (exact) mass is 374 g/mol. The Morgan fingerprint density at radius 2 is 1.91 bits per heavy atom. The highest BCUT2D eigenvalue weighted by molar-refractivity contribution is 7.92. The van der Waals surface area contributed by atoms with Gasteiger partial charge in [-0.3, -0.25) is 4.72 Å². The van der Waals surface area contributed by atoms with Crippen LogP contribution in [0.1, 0.15) is 5.56 Å². The normalized spacial score (nSPS) is 10.9. The fourth-order valence-corrected chi connectivity index (χ4v) is 3.22. The topological polar surface area (TPSA) is 94.9 Å². The Bertz CT molecular complexity index is 899. The van der Waals surface area contributed by atoms with E-state index in [1.807, 2.05) is 0 Å². The van der Waals surface area contributed by atoms with Crippen LogP contribution in [0.3, 0.4) is 0 Å². The van der Waals surface area contributed by atoms with Crippen molar-refractivity contribution in [2.75, 3.05) is 4.72 Å². The Balaban J connectivity index is 2.41. The number of benzene rings is 2. The fraction of sp³-hybridized carbons (Fsp3) is 0.0769. The largest absolute Gasteiger partial charge is 0.279 e. The fourth-order valence-electron chi connectivity index (χ4n) is 1.74. The Morgan fingerprint density at radius 3 is 2.57 bits per heavy atom. The van der Waals surface area contributed by atoms with E-state index in [1.54, 1.807) is 0 Å². The number of halogens is 3. The van der Waals surface area contributed by atoms with Crippen LogP contribution in [0.5, 0.6) is 0 Å². The molecule has 0 saturated heterocycles. The molecule has 0 radical (unpaired) electrons. The van der Waals surface area contributed by atoms with E-state index in [1.165, 1.54) is 24.3 Å². The molecule has 0 heterocycles. The van der Waals surface area contributed by atoms with E-state index in [2.05, 4.69) is 14.7 Å². The van der Waals surface area contributed by atoms with Crippen molar-refractivity contribution < 1.29 is 12.8 Å². The van der Waals surface area contributed by atoms with Gasteiger partial charge in [0.15, 0.2) is 0 Å². The van der Waals surface area contributed by atoms with Crippen LogP contribution >= 0.6 is 23.2 Å². The molecular weight excluding hydrogens is 366 g/mol. The zero-order chi connectivity index (χ0) is 17.0. The third-order valence-electron chi connectivity index (χ3n) is 2.82. The van der Waals surface area contributed by atoms with Crippen molar-refractivity contribution in [3.63, 3.8) is 0 Å². The molecule has 2 aromatic carbocycles. The minimum absolute atomic E-state index is 0.0246. The standard InChI is InChI=1S/C13H9Cl2FN4O2S/c14-11-4-3-10(6-12(11)15)23(21,22)19-13-5-9(16)2-1-8(13)7-18-20-17/h1-6,19H,7H2. The summed E-state index contributed by atoms with van der Waals surface area (Å²) in [5.41, 5.74) is 8.66. The highest BCUT2D eigenvalue weighted by Crippen LogP contribution is 2.27. The minimum Gasteiger partial charge on any atom is -0.279 e. The number of nitrogens with zero attached hydrogens (tertiary/aromatic N) is 3. The van der Waals surface area contributed by atoms with Gasteiger partial charge in [0, 0.05) is 4.91 Å². The number of hydrogen-bond donors (Lipinski definition) is 1. The lowest BCUT2D eigenvalue weighted by Crippen LogP contribution is -2.14. The number of anilines is 1. The van der Waals surface area contributed by atoms with Gasteiger partial charge in [0.05, 0.1) is 27.2 Å². The smallest absolute Gasteiger partial charge is 0.261 e. The van der Waals surface area contributed by atoms with Gasteiger partial charge in [-0.2, -0.15) is 0 Å². The zero-order valence-electron chi connectivity index (χ0n) is 11.4. The molecule has 0 amide bonds. The first-order valence-electron chi connectivity index (χ1n) is 6.10. The molecule has 0 aliphatic carbocycles. The Labute approximate surface area is 141 Å². The first-order valence-corrected chi connectivity index (χ1v) is 8.34. The summed E-state index contributed by atoms with van der Waals surface area (Å²) in [7, 11) is -4.01. The number of hydrogen-bond acceptors (Lipinski definition) is 3. The number of azide groups is 1. The molecule has 2 rings (SSSR count). The van der Waals surface area contributed by atoms with Gasteiger partial charge >= 0.3 is 0 Å². The SMILES string of the molecule is [N-]=[N+]=NCc1ccc(F)cc1NS(=O)(=O)c1ccc(Cl)c(Cl)c1. The second kappa shape index (κ2) is 7.06. The highest BCUT2D eigenvalue weighted by atomic mass is 35.5. The Kier molecular flexibility index (Phi) is 5.33. The maximum Gasteiger partial charge on any atom is 0.261 e. The summed E-state index contributed by atoms with van der Waals surface area (Å²) in [6, 6.07) is 7.25. The van der Waals surface area contributed by atoms with E-state index in [0.29, 0.717) is 5.56 Å². The lowest BCUT2D eigenvalue weighted by atomic mass is 10.2. The Hall–Kier alpha value is -1.99. The maximum absolute atomic E-state index is 13.4. The van der Waals surface area contributed by atoms with Crippen LogP contribution in [0.4, 0.5) is 10.1 Å². The summed E-state index contributed by atoms with van der Waals surface area (Å²) in [4.78, 5) is 2.46. The molecule has 0 aliphatic rings. The minimum atomic E-state index is -4.01. The van der Waals surface area contributed by atoms with Crippen molar-refractivity contribution in [1.82, 2.24) is 0 Å². The van der Waals surface area contributed by atoms with Gasteiger partial charge in [0.2, 0.25) is 0 Å². The summed E-state index contributed by atoms with van der Waals surface area (Å²) in [6.07, 6.45) is 0. The maximum atomic E-state index is 13.4. The predicted molar refractivity (Wildman–Crippen MR) is 86.5 cm³/mol. The molecule has 2 aromatic rings. The third-order valence-corrected chi connectivity index (χ3v) is 4.92. The average molecular weight is 375 g/mol. The van der Waals surface area contributed by atoms with Crippen molar-refractivity contribution >= 4 is 38.9 Å². The van der Waals surface area contributed by atoms with Crippen molar-refractivity contribution in [2.24, 2.45) is 5.11 Å². The van der Waals surface area contributed by atoms with Crippen LogP contribution in [-0.4, -0.2) is 8.42 Å². The number of rotatable bonds is 5. The molecule has 10 heteroatoms. The van der Waals surface area contributed by atoms with Gasteiger partial charge in [-0.1, -0.05) is 34.4 Å². The van der Waals surface area contributed by atoms with Crippen LogP contribution in [-0.2, 0) is 16.6 Å². The van der Waals surface area contributed by atoms with Crippen LogP contribution in [0, 0.1) is 5.82 Å². The lowest BCUT2D eigenvalue weighted by Gasteiger charge is -2.12. The first kappa shape index (κ1) is 17.4. The number of sulfonamides is 1. The Morgan fingerprint density at radius 1 is 1.17 bits per heavy atom. The van der Waals surface area contributed by atoms with E-state index in [-0.39, 0.29) is 27.2 Å². The summed E-state index contributed by atoms with van der Waals surface area (Å²) in [6.45, 7) is -0.129. The third kappa shape index (κ3) is 4.27. The average Bonchev–Trinajstić information content (AvgIpc) is 2.49. The molecular formula is C13H9Cl2FN4O2S. The van der Waals surface area contributed by atoms with Gasteiger partial charge in [0.25, 0.3) is 10.0 Å². The van der Waals surface area contributed by atoms with E-state index in [0.717, 1.165) is 12.1 Å². The van der Waals surface area contributed by atoms with Crippen molar-refractivity contribution in [3.8, 4) is 0 Å². The van der Waals surface area contributed by atoms with Crippen molar-refractivity contribution in [2.45, 2.75) is 11.4 Å². The van der Waals surface area contributed by atoms with E-state index in [9.17, 15) is 12.8 Å². The molecule has 120 valence electrons. The summed E-state index contributed by atoms with van der Waals surface area (Å²) >= 11 is 11.6. The van der Waals surface area contributed by atoms with Gasteiger partial charge in [-0.05, 0) is 41.4 Å². The predicted octanol–water partition coefficient (Wildman–Crippen LogP) is 4.74. The van der Waals surface area contributed by atoms with E-state index in [4.69, 9.17) is 28.7 Å². The molecule has 6 nitrogen and oxygen atoms in total. The summed E-state index contributed by atoms with van der Waals surface area (Å²) < 4.78 is 40.4. The van der Waals surface area contributed by atoms with Crippen LogP contribution in [0.25, 0.3) is 10.4 Å². The van der Waals surface area contributed by atoms with Crippen LogP contribution in [0.2, 0.25) is 10.0 Å². The summed E-state index contributed by atoms with van der Waals surface area (Å²) in [5.74, 6) is -0.637. The van der Waals surface area contributed by atoms with Gasteiger partial charge in [-0.15, -0.1) is 0 Å². The summed E-state index contributed by atoms with van der Waals surface area (Å²) in [5, 5.41) is 3.63. The molecule has 0 saturated carbocycles. The van der Waals surface area contributed by atoms with Gasteiger partial charge < -0.3 is 0 Å². The molecule has 0 spiro atoms. The molecule has 0 aromatic heterocycles. The van der Waals surface area contributed by atoms with Crippen LogP contribution < -0.4 is 4.72 Å². The van der Waals surface area contributed by atoms with Crippen molar-refractivity contribution in [3.05, 3.63) is 68.3 Å². The molecule has 0 bridgehead atoms. The molecule has 0 aliphatic heterocycles. The van der Waals surface area contributed by atoms with E-state index < -0.39 is 15.8 Å². The van der Waals surface area contributed by atoms with E-state index >= 15 is 0 Å². The number of nitrogens with one attached hydrogen (secondary N) is 1. The molecule has 23 heavy (non-hydrogen) atoms. The molecule has 1 N–H and O–H groups in total. The molecule has 0 atom stereocenters. The van der Waals surface area contributed by atoms with Gasteiger partial charge in [0.1, 0.15) is 5.82 Å². The van der Waals surface area contributed by atoms with Crippen LogP contribution in [0.15, 0.2) is 46.4 Å². The highest BCUT2D eigenvalue weighted by Gasteiger charge is 2.17. The molecule has 0 fully saturated rings.